The van der Waals surface area contributed by atoms with Crippen molar-refractivity contribution in [2.45, 2.75) is 12.0 Å². The predicted octanol–water partition coefficient (Wildman–Crippen LogP) is 3.68. The fraction of sp³-hybridized carbons (Fsp3) is 0.143. The number of carbonyl (C=O) groups excluding carboxylic acids is 1. The van der Waals surface area contributed by atoms with E-state index < -0.39 is 5.54 Å². The van der Waals surface area contributed by atoms with Crippen LogP contribution in [0.3, 0.4) is 0 Å². The Morgan fingerprint density at radius 2 is 1.81 bits per heavy atom. The second kappa shape index (κ2) is 6.59. The lowest BCUT2D eigenvalue weighted by molar-refractivity contribution is 0.0883. The van der Waals surface area contributed by atoms with Crippen LogP contribution in [0.15, 0.2) is 72.9 Å². The number of hydrogen-bond donors (Lipinski definition) is 1. The van der Waals surface area contributed by atoms with Crippen molar-refractivity contribution >= 4 is 5.91 Å². The van der Waals surface area contributed by atoms with E-state index in [1.54, 1.807) is 36.5 Å². The smallest absolute Gasteiger partial charge is 0.252 e. The third kappa shape index (κ3) is 2.81. The van der Waals surface area contributed by atoms with Gasteiger partial charge in [-0.2, -0.15) is 0 Å². The first-order chi connectivity index (χ1) is 12.7. The number of ether oxygens (including phenoxy) is 1. The normalized spacial score (nSPS) is 18.5. The monoisotopic (exact) mass is 348 g/mol. The minimum Gasteiger partial charge on any atom is -0.491 e. The van der Waals surface area contributed by atoms with E-state index in [2.05, 4.69) is 10.3 Å². The van der Waals surface area contributed by atoms with Gasteiger partial charge in [-0.05, 0) is 42.0 Å². The maximum absolute atomic E-state index is 13.5. The number of nitrogens with zero attached hydrogens (tertiary/aromatic N) is 1. The molecule has 1 unspecified atom stereocenters. The Kier molecular flexibility index (Phi) is 4.13. The minimum absolute atomic E-state index is 0.214. The van der Waals surface area contributed by atoms with Crippen LogP contribution in [0.25, 0.3) is 0 Å². The van der Waals surface area contributed by atoms with E-state index in [4.69, 9.17) is 4.74 Å². The van der Waals surface area contributed by atoms with E-state index in [0.29, 0.717) is 30.0 Å². The van der Waals surface area contributed by atoms with Crippen molar-refractivity contribution in [3.05, 3.63) is 95.6 Å². The fourth-order valence-corrected chi connectivity index (χ4v) is 3.32. The molecule has 0 fully saturated rings. The molecule has 0 radical (unpaired) electrons. The van der Waals surface area contributed by atoms with E-state index in [1.807, 2.05) is 24.3 Å². The molecule has 2 aromatic carbocycles. The van der Waals surface area contributed by atoms with E-state index >= 15 is 0 Å². The van der Waals surface area contributed by atoms with Crippen molar-refractivity contribution in [1.82, 2.24) is 10.3 Å². The fourth-order valence-electron chi connectivity index (χ4n) is 3.32. The van der Waals surface area contributed by atoms with Gasteiger partial charge in [-0.3, -0.25) is 9.78 Å². The first-order valence-electron chi connectivity index (χ1n) is 8.41. The van der Waals surface area contributed by atoms with Crippen LogP contribution in [0.2, 0.25) is 0 Å². The number of benzene rings is 2. The van der Waals surface area contributed by atoms with Gasteiger partial charge < -0.3 is 10.1 Å². The summed E-state index contributed by atoms with van der Waals surface area (Å²) in [5.74, 6) is 0.0801. The van der Waals surface area contributed by atoms with E-state index in [0.717, 1.165) is 5.56 Å². The molecule has 130 valence electrons. The summed E-state index contributed by atoms with van der Waals surface area (Å²) in [6.07, 6.45) is 2.17. The van der Waals surface area contributed by atoms with Crippen LogP contribution >= 0.6 is 0 Å². The van der Waals surface area contributed by atoms with E-state index in [9.17, 15) is 9.18 Å². The quantitative estimate of drug-likeness (QED) is 0.786. The highest BCUT2D eigenvalue weighted by molar-refractivity contribution is 5.95. The molecule has 1 N–H and O–H groups in total. The van der Waals surface area contributed by atoms with Gasteiger partial charge >= 0.3 is 0 Å². The summed E-state index contributed by atoms with van der Waals surface area (Å²) >= 11 is 0. The third-order valence-electron chi connectivity index (χ3n) is 4.61. The minimum atomic E-state index is -0.879. The summed E-state index contributed by atoms with van der Waals surface area (Å²) in [5, 5.41) is 3.14. The zero-order chi connectivity index (χ0) is 18.0. The molecule has 2 heterocycles. The van der Waals surface area contributed by atoms with Gasteiger partial charge in [-0.1, -0.05) is 30.3 Å². The number of pyridine rings is 1. The number of aromatic nitrogens is 1. The summed E-state index contributed by atoms with van der Waals surface area (Å²) < 4.78 is 19.2. The van der Waals surface area contributed by atoms with Crippen LogP contribution in [-0.4, -0.2) is 17.5 Å². The lowest BCUT2D eigenvalue weighted by atomic mass is 9.81. The first-order valence-corrected chi connectivity index (χ1v) is 8.41. The van der Waals surface area contributed by atoms with Crippen molar-refractivity contribution in [2.24, 2.45) is 0 Å². The molecule has 0 spiro atoms. The Morgan fingerprint density at radius 3 is 2.58 bits per heavy atom. The summed E-state index contributed by atoms with van der Waals surface area (Å²) in [6, 6.07) is 18.8. The number of carbonyl (C=O) groups is 1. The van der Waals surface area contributed by atoms with Crippen LogP contribution < -0.4 is 10.1 Å². The van der Waals surface area contributed by atoms with Crippen molar-refractivity contribution in [1.29, 1.82) is 0 Å². The van der Waals surface area contributed by atoms with Gasteiger partial charge in [-0.15, -0.1) is 0 Å². The van der Waals surface area contributed by atoms with Crippen molar-refractivity contribution in [2.75, 3.05) is 6.61 Å². The van der Waals surface area contributed by atoms with Crippen molar-refractivity contribution in [3.63, 3.8) is 0 Å². The molecule has 0 saturated carbocycles. The van der Waals surface area contributed by atoms with Gasteiger partial charge in [0.25, 0.3) is 5.91 Å². The molecule has 4 rings (SSSR count). The number of rotatable bonds is 3. The van der Waals surface area contributed by atoms with Gasteiger partial charge in [0.05, 0.1) is 6.61 Å². The molecule has 1 aromatic heterocycles. The molecule has 0 bridgehead atoms. The maximum Gasteiger partial charge on any atom is 0.252 e. The molecule has 3 aromatic rings. The Bertz CT molecular complexity index is 928. The van der Waals surface area contributed by atoms with Gasteiger partial charge in [0.1, 0.15) is 22.8 Å². The zero-order valence-electron chi connectivity index (χ0n) is 14.0. The van der Waals surface area contributed by atoms with Crippen LogP contribution in [0, 0.1) is 5.82 Å². The number of hydrogen-bond acceptors (Lipinski definition) is 3. The molecule has 0 aliphatic carbocycles. The highest BCUT2D eigenvalue weighted by Crippen LogP contribution is 2.40. The number of halogens is 1. The average molecular weight is 348 g/mol. The number of amides is 1. The van der Waals surface area contributed by atoms with Gasteiger partial charge in [-0.25, -0.2) is 4.39 Å². The van der Waals surface area contributed by atoms with Gasteiger partial charge in [0.15, 0.2) is 0 Å². The highest BCUT2D eigenvalue weighted by Gasteiger charge is 2.42. The highest BCUT2D eigenvalue weighted by atomic mass is 19.1. The third-order valence-corrected chi connectivity index (χ3v) is 4.61. The molecule has 26 heavy (non-hydrogen) atoms. The van der Waals surface area contributed by atoms with Crippen LogP contribution in [0.5, 0.6) is 5.75 Å². The molecule has 1 aliphatic rings. The standard InChI is InChI=1S/C21H17FN2O2/c22-17-10-8-16(9-11-17)21(24-20(25)15-5-2-1-3-6-15)12-14-26-18-7-4-13-23-19(18)21/h1-11,13H,12,14H2,(H,24,25). The Balaban J connectivity index is 1.83. The van der Waals surface area contributed by atoms with E-state index in [1.165, 1.54) is 12.1 Å². The van der Waals surface area contributed by atoms with E-state index in [-0.39, 0.29) is 11.7 Å². The molecule has 5 heteroatoms. The van der Waals surface area contributed by atoms with Gasteiger partial charge in [0.2, 0.25) is 0 Å². The second-order valence-electron chi connectivity index (χ2n) is 6.18. The van der Waals surface area contributed by atoms with Crippen LogP contribution in [0.4, 0.5) is 4.39 Å². The SMILES string of the molecule is O=C(NC1(c2ccc(F)cc2)CCOc2cccnc21)c1ccccc1. The molecular formula is C21H17FN2O2. The molecule has 1 atom stereocenters. The molecule has 4 nitrogen and oxygen atoms in total. The van der Waals surface area contributed by atoms with Crippen molar-refractivity contribution < 1.29 is 13.9 Å². The summed E-state index contributed by atoms with van der Waals surface area (Å²) in [7, 11) is 0. The molecule has 0 saturated heterocycles. The lowest BCUT2D eigenvalue weighted by Crippen LogP contribution is -2.50. The van der Waals surface area contributed by atoms with Crippen LogP contribution in [0.1, 0.15) is 28.0 Å². The lowest BCUT2D eigenvalue weighted by Gasteiger charge is -2.39. The summed E-state index contributed by atoms with van der Waals surface area (Å²) in [5.41, 5.74) is 1.07. The van der Waals surface area contributed by atoms with Gasteiger partial charge in [0, 0.05) is 18.2 Å². The maximum atomic E-state index is 13.5. The summed E-state index contributed by atoms with van der Waals surface area (Å²) in [6.45, 7) is 0.422. The molecule has 1 amide bonds. The Labute approximate surface area is 150 Å². The molecule has 1 aliphatic heterocycles. The number of fused-ring (bicyclic) bond motifs is 1. The first kappa shape index (κ1) is 16.3. The summed E-state index contributed by atoms with van der Waals surface area (Å²) in [4.78, 5) is 17.4. The Hall–Kier alpha value is -3.21. The predicted molar refractivity (Wildman–Crippen MR) is 95.4 cm³/mol. The Morgan fingerprint density at radius 1 is 1.04 bits per heavy atom. The largest absolute Gasteiger partial charge is 0.491 e. The average Bonchev–Trinajstić information content (AvgIpc) is 2.69. The molecular weight excluding hydrogens is 331 g/mol. The van der Waals surface area contributed by atoms with Crippen LogP contribution in [-0.2, 0) is 5.54 Å². The zero-order valence-corrected chi connectivity index (χ0v) is 14.0. The number of nitrogens with one attached hydrogen (secondary N) is 1. The topological polar surface area (TPSA) is 51.2 Å². The van der Waals surface area contributed by atoms with Crippen molar-refractivity contribution in [3.8, 4) is 5.75 Å². The second-order valence-corrected chi connectivity index (χ2v) is 6.18.